The number of ether oxygens (including phenoxy) is 8. The average Bonchev–Trinajstić information content (AvgIpc) is 3.61. The Bertz CT molecular complexity index is 1540. The molecule has 57 heavy (non-hydrogen) atoms. The van der Waals surface area contributed by atoms with Crippen molar-refractivity contribution in [3.05, 3.63) is 11.6 Å². The summed E-state index contributed by atoms with van der Waals surface area (Å²) in [5.41, 5.74) is 0.328. The van der Waals surface area contributed by atoms with Crippen LogP contribution in [0.25, 0.3) is 0 Å². The summed E-state index contributed by atoms with van der Waals surface area (Å²) in [6, 6.07) is 0. The van der Waals surface area contributed by atoms with E-state index in [1.165, 1.54) is 12.7 Å². The third-order valence-electron chi connectivity index (χ3n) is 15.1. The van der Waals surface area contributed by atoms with Gasteiger partial charge in [0.05, 0.1) is 37.6 Å². The molecule has 8 rings (SSSR count). The molecule has 322 valence electrons. The average molecular weight is 813 g/mol. The summed E-state index contributed by atoms with van der Waals surface area (Å²) in [5, 5.41) is 72.7. The van der Waals surface area contributed by atoms with Crippen LogP contribution >= 0.6 is 0 Å². The molecule has 23 unspecified atom stereocenters. The second kappa shape index (κ2) is 15.7. The number of fused-ring (bicyclic) bond motifs is 4. The second-order valence-corrected chi connectivity index (χ2v) is 18.2. The number of hydrogen-bond acceptors (Lipinski definition) is 17. The summed E-state index contributed by atoms with van der Waals surface area (Å²) >= 11 is 0. The van der Waals surface area contributed by atoms with Crippen LogP contribution < -0.4 is 0 Å². The number of Topliss-reactive ketones (excluding diaryl/α,β-unsaturated/α-hetero) is 2. The molecule has 0 amide bonds. The molecule has 0 radical (unpaired) electrons. The number of carbonyl (C=O) groups excluding carboxylic acids is 2. The topological polar surface area (TPSA) is 250 Å². The molecular weight excluding hydrogens is 752 g/mol. The molecule has 7 fully saturated rings. The first-order chi connectivity index (χ1) is 27.1. The van der Waals surface area contributed by atoms with Gasteiger partial charge in [-0.05, 0) is 50.9 Å². The molecule has 8 aliphatic rings. The van der Waals surface area contributed by atoms with Gasteiger partial charge in [-0.1, -0.05) is 25.5 Å². The first-order valence-electron chi connectivity index (χ1n) is 20.6. The smallest absolute Gasteiger partial charge is 0.187 e. The SMILES string of the molecule is COC1CC(OC2CCC3(C)C(=CCC4C3C(=O)C3OC(C)C5CC(=O)C4C35C)C2)OC(C)C1OC1OC(CO)C(OC2OC(CO)C(O)C(O)C2O)C(O)C1O. The first kappa shape index (κ1) is 42.2. The highest BCUT2D eigenvalue weighted by molar-refractivity contribution is 5.96. The highest BCUT2D eigenvalue weighted by Crippen LogP contribution is 2.67. The minimum Gasteiger partial charge on any atom is -0.394 e. The monoisotopic (exact) mass is 812 g/mol. The van der Waals surface area contributed by atoms with Crippen molar-refractivity contribution in [2.45, 2.75) is 171 Å². The van der Waals surface area contributed by atoms with Gasteiger partial charge in [0.25, 0.3) is 0 Å². The molecule has 0 bridgehead atoms. The molecule has 0 spiro atoms. The lowest BCUT2D eigenvalue weighted by Crippen LogP contribution is -2.65. The van der Waals surface area contributed by atoms with Crippen LogP contribution in [0.15, 0.2) is 11.6 Å². The van der Waals surface area contributed by atoms with Gasteiger partial charge in [-0.25, -0.2) is 0 Å². The third-order valence-corrected chi connectivity index (χ3v) is 15.1. The number of allylic oxidation sites excluding steroid dienone is 1. The Morgan fingerprint density at radius 2 is 1.44 bits per heavy atom. The quantitative estimate of drug-likeness (QED) is 0.136. The molecule has 4 aliphatic heterocycles. The predicted octanol–water partition coefficient (Wildman–Crippen LogP) is -1.13. The van der Waals surface area contributed by atoms with E-state index in [0.717, 1.165) is 0 Å². The van der Waals surface area contributed by atoms with Gasteiger partial charge in [-0.2, -0.15) is 0 Å². The van der Waals surface area contributed by atoms with Crippen LogP contribution in [0.4, 0.5) is 0 Å². The predicted molar refractivity (Wildman–Crippen MR) is 192 cm³/mol. The summed E-state index contributed by atoms with van der Waals surface area (Å²) in [6.07, 6.45) is -13.7. The zero-order valence-electron chi connectivity index (χ0n) is 33.1. The zero-order valence-corrected chi connectivity index (χ0v) is 33.1. The van der Waals surface area contributed by atoms with Crippen molar-refractivity contribution in [3.8, 4) is 0 Å². The largest absolute Gasteiger partial charge is 0.394 e. The van der Waals surface area contributed by atoms with E-state index in [2.05, 4.69) is 19.9 Å². The lowest BCUT2D eigenvalue weighted by molar-refractivity contribution is -0.373. The van der Waals surface area contributed by atoms with E-state index in [4.69, 9.17) is 37.9 Å². The van der Waals surface area contributed by atoms with Gasteiger partial charge in [0, 0.05) is 43.1 Å². The number of ketones is 2. The Morgan fingerprint density at radius 1 is 0.772 bits per heavy atom. The molecule has 23 atom stereocenters. The number of methoxy groups -OCH3 is 1. The van der Waals surface area contributed by atoms with Crippen LogP contribution in [0.5, 0.6) is 0 Å². The van der Waals surface area contributed by atoms with Crippen LogP contribution in [-0.2, 0) is 47.5 Å². The number of aliphatic hydroxyl groups excluding tert-OH is 7. The Labute approximate surface area is 331 Å². The van der Waals surface area contributed by atoms with Crippen molar-refractivity contribution in [3.63, 3.8) is 0 Å². The second-order valence-electron chi connectivity index (χ2n) is 18.2. The molecule has 0 aromatic heterocycles. The lowest BCUT2D eigenvalue weighted by Gasteiger charge is -2.57. The maximum Gasteiger partial charge on any atom is 0.187 e. The summed E-state index contributed by atoms with van der Waals surface area (Å²) in [7, 11) is 1.51. The van der Waals surface area contributed by atoms with Gasteiger partial charge in [-0.3, -0.25) is 9.59 Å². The normalized spacial score (nSPS) is 54.9. The summed E-state index contributed by atoms with van der Waals surface area (Å²) < 4.78 is 48.1. The van der Waals surface area contributed by atoms with Gasteiger partial charge in [0.2, 0.25) is 0 Å². The molecule has 3 saturated carbocycles. The van der Waals surface area contributed by atoms with E-state index in [-0.39, 0.29) is 53.9 Å². The summed E-state index contributed by atoms with van der Waals surface area (Å²) in [6.45, 7) is 6.64. The van der Waals surface area contributed by atoms with Gasteiger partial charge in [0.1, 0.15) is 66.8 Å². The molecule has 4 saturated heterocycles. The van der Waals surface area contributed by atoms with Crippen molar-refractivity contribution in [1.82, 2.24) is 0 Å². The maximum absolute atomic E-state index is 14.3. The minimum absolute atomic E-state index is 0.0282. The maximum atomic E-state index is 14.3. The fourth-order valence-corrected chi connectivity index (χ4v) is 12.1. The van der Waals surface area contributed by atoms with Gasteiger partial charge in [0.15, 0.2) is 24.7 Å². The molecule has 17 heteroatoms. The highest BCUT2D eigenvalue weighted by Gasteiger charge is 2.72. The Hall–Kier alpha value is -1.52. The van der Waals surface area contributed by atoms with E-state index in [1.54, 1.807) is 6.92 Å². The van der Waals surface area contributed by atoms with E-state index < -0.39 is 116 Å². The molecule has 0 aromatic rings. The Kier molecular flexibility index (Phi) is 11.7. The first-order valence-corrected chi connectivity index (χ1v) is 20.6. The number of carbonyl (C=O) groups is 2. The van der Waals surface area contributed by atoms with Crippen molar-refractivity contribution < 1.29 is 83.2 Å². The van der Waals surface area contributed by atoms with Gasteiger partial charge in [-0.15, -0.1) is 0 Å². The molecule has 7 N–H and O–H groups in total. The molecule has 17 nitrogen and oxygen atoms in total. The van der Waals surface area contributed by atoms with Crippen molar-refractivity contribution in [2.24, 2.45) is 34.5 Å². The minimum atomic E-state index is -1.78. The van der Waals surface area contributed by atoms with Crippen molar-refractivity contribution in [1.29, 1.82) is 0 Å². The highest BCUT2D eigenvalue weighted by atomic mass is 16.8. The van der Waals surface area contributed by atoms with E-state index in [1.807, 2.05) is 6.92 Å². The van der Waals surface area contributed by atoms with Crippen molar-refractivity contribution in [2.75, 3.05) is 20.3 Å². The summed E-state index contributed by atoms with van der Waals surface area (Å²) in [4.78, 5) is 27.9. The van der Waals surface area contributed by atoms with E-state index >= 15 is 0 Å². The van der Waals surface area contributed by atoms with E-state index in [0.29, 0.717) is 32.1 Å². The lowest BCUT2D eigenvalue weighted by atomic mass is 9.46. The third kappa shape index (κ3) is 6.72. The van der Waals surface area contributed by atoms with Crippen LogP contribution in [0, 0.1) is 34.5 Å². The van der Waals surface area contributed by atoms with Gasteiger partial charge < -0.3 is 73.6 Å². The fourth-order valence-electron chi connectivity index (χ4n) is 12.1. The van der Waals surface area contributed by atoms with Gasteiger partial charge >= 0.3 is 0 Å². The standard InChI is InChI=1S/C40H60O17/c1-15-20-11-21(43)26-19-7-6-17-10-18(8-9-39(17,3)27(19)29(45)36(52-15)40(20,26)4)53-25-12-22(50-5)34(16(2)51-25)56-38-33(49)31(47)35(24(14-42)55-38)57-37-32(48)30(46)28(44)23(13-41)54-37/h6,15-16,18-20,22-28,30-38,41-42,44,46-49H,7-14H2,1-5H3. The van der Waals surface area contributed by atoms with E-state index in [9.17, 15) is 45.3 Å². The summed E-state index contributed by atoms with van der Waals surface area (Å²) in [5.74, 6) is 0.0175. The zero-order chi connectivity index (χ0) is 40.9. The van der Waals surface area contributed by atoms with Crippen LogP contribution in [0.2, 0.25) is 0 Å². The van der Waals surface area contributed by atoms with Crippen molar-refractivity contribution >= 4 is 11.6 Å². The molecule has 4 heterocycles. The number of aliphatic hydroxyl groups is 7. The van der Waals surface area contributed by atoms with Crippen LogP contribution in [0.3, 0.4) is 0 Å². The van der Waals surface area contributed by atoms with Crippen LogP contribution in [0.1, 0.15) is 66.2 Å². The van der Waals surface area contributed by atoms with Crippen LogP contribution in [-0.4, -0.2) is 172 Å². The molecule has 0 aromatic carbocycles. The number of rotatable bonds is 9. The fraction of sp³-hybridized carbons (Fsp3) is 0.900. The Morgan fingerprint density at radius 3 is 2.12 bits per heavy atom. The molecule has 4 aliphatic carbocycles. The Balaban J connectivity index is 0.892. The molecular formula is C40H60O17. The number of hydrogen-bond donors (Lipinski definition) is 7.